The Balaban J connectivity index is 1.91. The smallest absolute Gasteiger partial charge is 0.253 e. The van der Waals surface area contributed by atoms with Crippen LogP contribution in [0.4, 0.5) is 0 Å². The fourth-order valence-corrected chi connectivity index (χ4v) is 2.21. The van der Waals surface area contributed by atoms with Crippen molar-refractivity contribution in [3.63, 3.8) is 0 Å². The lowest BCUT2D eigenvalue weighted by atomic mass is 9.89. The van der Waals surface area contributed by atoms with E-state index in [4.69, 9.17) is 16.3 Å². The van der Waals surface area contributed by atoms with Crippen molar-refractivity contribution in [2.75, 3.05) is 6.61 Å². The molecule has 1 aliphatic carbocycles. The molecule has 18 heavy (non-hydrogen) atoms. The number of aromatic hydroxyl groups is 1. The van der Waals surface area contributed by atoms with Gasteiger partial charge in [-0.2, -0.15) is 0 Å². The van der Waals surface area contributed by atoms with E-state index >= 15 is 0 Å². The fraction of sp³-hybridized carbons (Fsp3) is 0.462. The minimum absolute atomic E-state index is 0.0327. The zero-order valence-corrected chi connectivity index (χ0v) is 10.9. The maximum Gasteiger partial charge on any atom is 0.253 e. The monoisotopic (exact) mass is 269 g/mol. The van der Waals surface area contributed by atoms with E-state index in [2.05, 4.69) is 5.32 Å². The summed E-state index contributed by atoms with van der Waals surface area (Å²) in [4.78, 5) is 11.9. The second kappa shape index (κ2) is 5.59. The van der Waals surface area contributed by atoms with Crippen molar-refractivity contribution in [3.05, 3.63) is 28.8 Å². The van der Waals surface area contributed by atoms with Gasteiger partial charge in [0, 0.05) is 12.6 Å². The van der Waals surface area contributed by atoms with Crippen LogP contribution >= 0.6 is 11.6 Å². The molecule has 0 spiro atoms. The quantitative estimate of drug-likeness (QED) is 0.882. The van der Waals surface area contributed by atoms with Crippen molar-refractivity contribution in [2.45, 2.75) is 31.9 Å². The SMILES string of the molecule is CCOC1CC(NC(=O)c2cc(O)ccc2Cl)C1. The number of amides is 1. The second-order valence-corrected chi connectivity index (χ2v) is 4.79. The van der Waals surface area contributed by atoms with Crippen LogP contribution in [0.3, 0.4) is 0 Å². The maximum atomic E-state index is 11.9. The predicted octanol–water partition coefficient (Wildman–Crippen LogP) is 2.34. The van der Waals surface area contributed by atoms with Crippen LogP contribution in [0.15, 0.2) is 18.2 Å². The van der Waals surface area contributed by atoms with Crippen molar-refractivity contribution in [3.8, 4) is 5.75 Å². The Kier molecular flexibility index (Phi) is 4.09. The molecule has 2 rings (SSSR count). The summed E-state index contributed by atoms with van der Waals surface area (Å²) in [7, 11) is 0. The van der Waals surface area contributed by atoms with Crippen LogP contribution in [0.1, 0.15) is 30.1 Å². The molecule has 0 unspecified atom stereocenters. The highest BCUT2D eigenvalue weighted by atomic mass is 35.5. The first-order chi connectivity index (χ1) is 8.60. The number of carbonyl (C=O) groups excluding carboxylic acids is 1. The number of halogens is 1. The minimum Gasteiger partial charge on any atom is -0.508 e. The highest BCUT2D eigenvalue weighted by molar-refractivity contribution is 6.33. The third-order valence-corrected chi connectivity index (χ3v) is 3.36. The van der Waals surface area contributed by atoms with E-state index in [0.717, 1.165) is 12.8 Å². The third-order valence-electron chi connectivity index (χ3n) is 3.03. The van der Waals surface area contributed by atoms with Gasteiger partial charge in [-0.1, -0.05) is 11.6 Å². The highest BCUT2D eigenvalue weighted by Gasteiger charge is 2.31. The van der Waals surface area contributed by atoms with Crippen molar-refractivity contribution < 1.29 is 14.6 Å². The number of hydrogen-bond acceptors (Lipinski definition) is 3. The first-order valence-electron chi connectivity index (χ1n) is 6.01. The molecule has 0 aromatic heterocycles. The van der Waals surface area contributed by atoms with Crippen molar-refractivity contribution >= 4 is 17.5 Å². The number of benzene rings is 1. The Labute approximate surface area is 111 Å². The summed E-state index contributed by atoms with van der Waals surface area (Å²) < 4.78 is 5.42. The molecule has 1 aromatic carbocycles. The Hall–Kier alpha value is -1.26. The molecule has 0 radical (unpaired) electrons. The van der Waals surface area contributed by atoms with Gasteiger partial charge in [0.25, 0.3) is 5.91 Å². The Morgan fingerprint density at radius 3 is 2.94 bits per heavy atom. The van der Waals surface area contributed by atoms with E-state index in [0.29, 0.717) is 17.2 Å². The molecule has 0 atom stereocenters. The summed E-state index contributed by atoms with van der Waals surface area (Å²) in [5.74, 6) is -0.221. The molecular weight excluding hydrogens is 254 g/mol. The second-order valence-electron chi connectivity index (χ2n) is 4.38. The number of nitrogens with one attached hydrogen (secondary N) is 1. The summed E-state index contributed by atoms with van der Waals surface area (Å²) in [6.45, 7) is 2.65. The molecule has 4 nitrogen and oxygen atoms in total. The molecule has 1 aromatic rings. The van der Waals surface area contributed by atoms with E-state index in [1.807, 2.05) is 6.92 Å². The summed E-state index contributed by atoms with van der Waals surface area (Å²) in [5.41, 5.74) is 0.302. The van der Waals surface area contributed by atoms with Gasteiger partial charge in [-0.15, -0.1) is 0 Å². The van der Waals surface area contributed by atoms with Gasteiger partial charge in [0.15, 0.2) is 0 Å². The summed E-state index contributed by atoms with van der Waals surface area (Å²) in [6, 6.07) is 4.46. The zero-order chi connectivity index (χ0) is 13.1. The van der Waals surface area contributed by atoms with E-state index in [1.165, 1.54) is 18.2 Å². The van der Waals surface area contributed by atoms with Gasteiger partial charge in [0.05, 0.1) is 16.7 Å². The van der Waals surface area contributed by atoms with Crippen LogP contribution in [-0.4, -0.2) is 29.8 Å². The lowest BCUT2D eigenvalue weighted by Gasteiger charge is -2.35. The topological polar surface area (TPSA) is 58.6 Å². The van der Waals surface area contributed by atoms with E-state index in [1.54, 1.807) is 0 Å². The number of phenols is 1. The van der Waals surface area contributed by atoms with Crippen molar-refractivity contribution in [1.29, 1.82) is 0 Å². The van der Waals surface area contributed by atoms with Crippen molar-refractivity contribution in [1.82, 2.24) is 5.32 Å². The molecule has 1 saturated carbocycles. The Bertz CT molecular complexity index is 444. The number of ether oxygens (including phenoxy) is 1. The first kappa shape index (κ1) is 13.2. The van der Waals surface area contributed by atoms with Gasteiger partial charge < -0.3 is 15.2 Å². The molecule has 1 fully saturated rings. The van der Waals surface area contributed by atoms with Crippen molar-refractivity contribution in [2.24, 2.45) is 0 Å². The van der Waals surface area contributed by atoms with Crippen LogP contribution in [0.2, 0.25) is 5.02 Å². The first-order valence-corrected chi connectivity index (χ1v) is 6.39. The number of phenolic OH excluding ortho intramolecular Hbond substituents is 1. The molecule has 0 bridgehead atoms. The van der Waals surface area contributed by atoms with Gasteiger partial charge >= 0.3 is 0 Å². The average molecular weight is 270 g/mol. The summed E-state index contributed by atoms with van der Waals surface area (Å²) >= 11 is 5.92. The normalized spacial score (nSPS) is 22.3. The standard InChI is InChI=1S/C13H16ClNO3/c1-2-18-10-5-8(6-10)15-13(17)11-7-9(16)3-4-12(11)14/h3-4,7-8,10,16H,2,5-6H2,1H3,(H,15,17). The highest BCUT2D eigenvalue weighted by Crippen LogP contribution is 2.25. The van der Waals surface area contributed by atoms with Crippen LogP contribution in [0.25, 0.3) is 0 Å². The van der Waals surface area contributed by atoms with Crippen LogP contribution in [-0.2, 0) is 4.74 Å². The van der Waals surface area contributed by atoms with Crippen LogP contribution in [0, 0.1) is 0 Å². The van der Waals surface area contributed by atoms with Crippen LogP contribution < -0.4 is 5.32 Å². The van der Waals surface area contributed by atoms with Gasteiger partial charge in [0.1, 0.15) is 5.75 Å². The Morgan fingerprint density at radius 2 is 2.28 bits per heavy atom. The van der Waals surface area contributed by atoms with Crippen LogP contribution in [0.5, 0.6) is 5.75 Å². The largest absolute Gasteiger partial charge is 0.508 e. The molecule has 1 aliphatic rings. The number of carbonyl (C=O) groups is 1. The molecule has 0 heterocycles. The minimum atomic E-state index is -0.254. The molecule has 98 valence electrons. The maximum absolute atomic E-state index is 11.9. The van der Waals surface area contributed by atoms with Gasteiger partial charge in [0.2, 0.25) is 0 Å². The molecular formula is C13H16ClNO3. The molecule has 5 heteroatoms. The lowest BCUT2D eigenvalue weighted by Crippen LogP contribution is -2.47. The predicted molar refractivity (Wildman–Crippen MR) is 69.0 cm³/mol. The molecule has 2 N–H and O–H groups in total. The summed E-state index contributed by atoms with van der Waals surface area (Å²) in [6.07, 6.45) is 1.91. The van der Waals surface area contributed by atoms with Gasteiger partial charge in [-0.3, -0.25) is 4.79 Å². The fourth-order valence-electron chi connectivity index (χ4n) is 2.01. The molecule has 0 aliphatic heterocycles. The average Bonchev–Trinajstić information content (AvgIpc) is 2.29. The molecule has 0 saturated heterocycles. The number of rotatable bonds is 4. The van der Waals surface area contributed by atoms with Gasteiger partial charge in [-0.05, 0) is 38.0 Å². The number of hydrogen-bond donors (Lipinski definition) is 2. The molecule has 1 amide bonds. The Morgan fingerprint density at radius 1 is 1.56 bits per heavy atom. The summed E-state index contributed by atoms with van der Waals surface area (Å²) in [5, 5.41) is 12.6. The van der Waals surface area contributed by atoms with E-state index in [-0.39, 0.29) is 23.8 Å². The zero-order valence-electron chi connectivity index (χ0n) is 10.1. The lowest BCUT2D eigenvalue weighted by molar-refractivity contribution is -0.00862. The van der Waals surface area contributed by atoms with E-state index < -0.39 is 0 Å². The third kappa shape index (κ3) is 2.94. The van der Waals surface area contributed by atoms with Gasteiger partial charge in [-0.25, -0.2) is 0 Å². The van der Waals surface area contributed by atoms with E-state index in [9.17, 15) is 9.90 Å².